The number of benzene rings is 2. The van der Waals surface area contributed by atoms with E-state index in [4.69, 9.17) is 0 Å². The van der Waals surface area contributed by atoms with Crippen molar-refractivity contribution in [1.29, 1.82) is 0 Å². The third-order valence-corrected chi connectivity index (χ3v) is 3.20. The molecule has 0 saturated heterocycles. The summed E-state index contributed by atoms with van der Waals surface area (Å²) < 4.78 is 0. The van der Waals surface area contributed by atoms with E-state index in [0.29, 0.717) is 0 Å². The van der Waals surface area contributed by atoms with Crippen LogP contribution in [0.15, 0.2) is 65.9 Å². The van der Waals surface area contributed by atoms with Crippen LogP contribution in [0.1, 0.15) is 5.56 Å². The minimum Gasteiger partial charge on any atom is -1.00 e. The van der Waals surface area contributed by atoms with Crippen molar-refractivity contribution in [2.75, 3.05) is 5.43 Å². The van der Waals surface area contributed by atoms with Crippen LogP contribution in [0, 0.1) is 10.1 Å². The molecule has 116 valence electrons. The Kier molecular flexibility index (Phi) is 5.22. The van der Waals surface area contributed by atoms with Gasteiger partial charge in [0.2, 0.25) is 5.52 Å². The Morgan fingerprint density at radius 3 is 2.57 bits per heavy atom. The van der Waals surface area contributed by atoms with Crippen LogP contribution in [-0.4, -0.2) is 11.1 Å². The van der Waals surface area contributed by atoms with Crippen molar-refractivity contribution in [3.05, 3.63) is 76.5 Å². The molecule has 0 atom stereocenters. The van der Waals surface area contributed by atoms with E-state index in [-0.39, 0.29) is 18.1 Å². The highest BCUT2D eigenvalue weighted by molar-refractivity contribution is 5.88. The van der Waals surface area contributed by atoms with Gasteiger partial charge in [-0.2, -0.15) is 5.10 Å². The van der Waals surface area contributed by atoms with Crippen LogP contribution in [0.3, 0.4) is 0 Å². The predicted molar refractivity (Wildman–Crippen MR) is 84.8 cm³/mol. The highest BCUT2D eigenvalue weighted by Gasteiger charge is 2.05. The van der Waals surface area contributed by atoms with Crippen LogP contribution in [0.5, 0.6) is 0 Å². The number of non-ortho nitro benzene ring substituents is 1. The smallest absolute Gasteiger partial charge is 0.269 e. The summed E-state index contributed by atoms with van der Waals surface area (Å²) in [5.41, 5.74) is 5.64. The number of pyridine rings is 1. The first-order valence-corrected chi connectivity index (χ1v) is 6.67. The summed E-state index contributed by atoms with van der Waals surface area (Å²) in [5.74, 6) is 0. The third-order valence-electron chi connectivity index (χ3n) is 3.20. The molecule has 0 saturated carbocycles. The first-order chi connectivity index (χ1) is 10.7. The van der Waals surface area contributed by atoms with Crippen LogP contribution in [0.25, 0.3) is 10.9 Å². The number of nitrogens with one attached hydrogen (secondary N) is 2. The van der Waals surface area contributed by atoms with E-state index < -0.39 is 4.92 Å². The summed E-state index contributed by atoms with van der Waals surface area (Å²) in [4.78, 5) is 13.3. The Bertz CT molecular complexity index is 845. The Labute approximate surface area is 138 Å². The van der Waals surface area contributed by atoms with Gasteiger partial charge in [-0.3, -0.25) is 15.5 Å². The molecule has 3 aromatic rings. The van der Waals surface area contributed by atoms with Crippen molar-refractivity contribution < 1.29 is 22.3 Å². The van der Waals surface area contributed by atoms with Crippen molar-refractivity contribution in [2.24, 2.45) is 5.10 Å². The molecule has 0 radical (unpaired) electrons. The standard InChI is InChI=1S/C16H12N4O2.ClH/c21-20(22)14-8-6-12(7-9-14)11-18-19-15-5-1-3-13-4-2-10-17-16(13)15;/h1-11,19H;1H. The normalized spacial score (nSPS) is 10.4. The van der Waals surface area contributed by atoms with Gasteiger partial charge >= 0.3 is 0 Å². The monoisotopic (exact) mass is 328 g/mol. The molecule has 2 aromatic carbocycles. The van der Waals surface area contributed by atoms with Crippen LogP contribution in [0.2, 0.25) is 0 Å². The number of halogens is 1. The minimum atomic E-state index is -0.425. The fourth-order valence-corrected chi connectivity index (χ4v) is 2.11. The minimum absolute atomic E-state index is 0. The molecular formula is C16H13ClN4O2. The van der Waals surface area contributed by atoms with Gasteiger partial charge in [0.25, 0.3) is 5.69 Å². The number of rotatable bonds is 4. The van der Waals surface area contributed by atoms with Crippen molar-refractivity contribution in [3.63, 3.8) is 0 Å². The maximum absolute atomic E-state index is 10.6. The molecule has 2 N–H and O–H groups in total. The molecule has 0 bridgehead atoms. The number of para-hydroxylation sites is 1. The SMILES string of the molecule is O=[N+]([O-])c1ccc(C=NNc2cccc3ccc[nH+]c23)cc1.[Cl-]. The fourth-order valence-electron chi connectivity index (χ4n) is 2.11. The quantitative estimate of drug-likeness (QED) is 0.416. The summed E-state index contributed by atoms with van der Waals surface area (Å²) in [6.07, 6.45) is 3.47. The molecule has 0 aliphatic heterocycles. The summed E-state index contributed by atoms with van der Waals surface area (Å²) in [6, 6.07) is 16.0. The highest BCUT2D eigenvalue weighted by Crippen LogP contribution is 2.18. The van der Waals surface area contributed by atoms with E-state index in [9.17, 15) is 10.1 Å². The lowest BCUT2D eigenvalue weighted by Gasteiger charge is -2.00. The van der Waals surface area contributed by atoms with E-state index in [1.165, 1.54) is 12.1 Å². The van der Waals surface area contributed by atoms with E-state index >= 15 is 0 Å². The molecule has 0 aliphatic carbocycles. The van der Waals surface area contributed by atoms with Crippen LogP contribution in [0.4, 0.5) is 11.4 Å². The topological polar surface area (TPSA) is 81.7 Å². The first-order valence-electron chi connectivity index (χ1n) is 6.67. The lowest BCUT2D eigenvalue weighted by atomic mass is 10.2. The van der Waals surface area contributed by atoms with Gasteiger partial charge in [-0.15, -0.1) is 0 Å². The molecule has 3 rings (SSSR count). The van der Waals surface area contributed by atoms with Gasteiger partial charge in [0, 0.05) is 23.6 Å². The van der Waals surface area contributed by atoms with Gasteiger partial charge in [-0.25, -0.2) is 4.98 Å². The molecule has 0 unspecified atom stereocenters. The van der Waals surface area contributed by atoms with Crippen LogP contribution in [-0.2, 0) is 0 Å². The first kappa shape index (κ1) is 16.4. The third kappa shape index (κ3) is 3.81. The Morgan fingerprint density at radius 2 is 1.83 bits per heavy atom. The van der Waals surface area contributed by atoms with E-state index in [1.807, 2.05) is 36.5 Å². The summed E-state index contributed by atoms with van der Waals surface area (Å²) >= 11 is 0. The number of fused-ring (bicyclic) bond motifs is 1. The maximum atomic E-state index is 10.6. The van der Waals surface area contributed by atoms with Crippen LogP contribution < -0.4 is 22.8 Å². The number of aromatic nitrogens is 1. The number of hydrogen-bond acceptors (Lipinski definition) is 4. The molecule has 1 aromatic heterocycles. The molecular weight excluding hydrogens is 316 g/mol. The predicted octanol–water partition coefficient (Wildman–Crippen LogP) is 0.0121. The average molecular weight is 329 g/mol. The molecule has 0 amide bonds. The fraction of sp³-hybridized carbons (Fsp3) is 0. The second-order valence-electron chi connectivity index (χ2n) is 4.66. The van der Waals surface area contributed by atoms with Crippen molar-refractivity contribution in [2.45, 2.75) is 0 Å². The molecule has 1 heterocycles. The maximum Gasteiger partial charge on any atom is 0.269 e. The zero-order valence-electron chi connectivity index (χ0n) is 11.9. The molecule has 23 heavy (non-hydrogen) atoms. The zero-order valence-corrected chi connectivity index (χ0v) is 12.7. The number of nitro groups is 1. The Balaban J connectivity index is 0.00000192. The Hall–Kier alpha value is -2.99. The molecule has 0 spiro atoms. The number of anilines is 1. The van der Waals surface area contributed by atoms with Crippen LogP contribution >= 0.6 is 0 Å². The Morgan fingerprint density at radius 1 is 1.09 bits per heavy atom. The number of hydrogen-bond donors (Lipinski definition) is 1. The van der Waals surface area contributed by atoms with E-state index in [0.717, 1.165) is 22.2 Å². The van der Waals surface area contributed by atoms with Gasteiger partial charge in [-0.1, -0.05) is 6.07 Å². The van der Waals surface area contributed by atoms with Crippen molar-refractivity contribution in [1.82, 2.24) is 0 Å². The largest absolute Gasteiger partial charge is 1.00 e. The van der Waals surface area contributed by atoms with Crippen molar-refractivity contribution >= 4 is 28.5 Å². The number of aromatic amines is 1. The van der Waals surface area contributed by atoms with Gasteiger partial charge < -0.3 is 12.4 Å². The second-order valence-corrected chi connectivity index (χ2v) is 4.66. The summed E-state index contributed by atoms with van der Waals surface area (Å²) in [6.45, 7) is 0. The van der Waals surface area contributed by atoms with E-state index in [2.05, 4.69) is 15.5 Å². The van der Waals surface area contributed by atoms with Gasteiger partial charge in [-0.05, 0) is 35.9 Å². The number of nitrogens with zero attached hydrogens (tertiary/aromatic N) is 2. The summed E-state index contributed by atoms with van der Waals surface area (Å²) in [5, 5.41) is 15.8. The molecule has 6 nitrogen and oxygen atoms in total. The van der Waals surface area contributed by atoms with E-state index in [1.54, 1.807) is 18.3 Å². The van der Waals surface area contributed by atoms with Gasteiger partial charge in [0.1, 0.15) is 5.69 Å². The zero-order chi connectivity index (χ0) is 15.4. The van der Waals surface area contributed by atoms with Crippen molar-refractivity contribution in [3.8, 4) is 0 Å². The average Bonchev–Trinajstić information content (AvgIpc) is 2.55. The number of H-pyrrole nitrogens is 1. The lowest BCUT2D eigenvalue weighted by molar-refractivity contribution is -0.384. The molecule has 0 fully saturated rings. The summed E-state index contributed by atoms with van der Waals surface area (Å²) in [7, 11) is 0. The number of nitro benzene ring substituents is 1. The number of hydrazone groups is 1. The van der Waals surface area contributed by atoms with Gasteiger partial charge in [0.05, 0.1) is 11.1 Å². The molecule has 7 heteroatoms. The second kappa shape index (κ2) is 7.33. The molecule has 0 aliphatic rings. The highest BCUT2D eigenvalue weighted by atomic mass is 35.5. The van der Waals surface area contributed by atoms with Gasteiger partial charge in [0.15, 0.2) is 6.20 Å². The lowest BCUT2D eigenvalue weighted by Crippen LogP contribution is -3.00.